The van der Waals surface area contributed by atoms with Gasteiger partial charge >= 0.3 is 5.97 Å². The Morgan fingerprint density at radius 3 is 2.82 bits per heavy atom. The lowest BCUT2D eigenvalue weighted by atomic mass is 9.94. The van der Waals surface area contributed by atoms with E-state index in [-0.39, 0.29) is 6.54 Å². The van der Waals surface area contributed by atoms with Gasteiger partial charge in [-0.1, -0.05) is 6.07 Å². The average Bonchev–Trinajstić information content (AvgIpc) is 2.33. The van der Waals surface area contributed by atoms with Crippen molar-refractivity contribution in [3.05, 3.63) is 23.3 Å². The Labute approximate surface area is 99.1 Å². The molecule has 92 valence electrons. The van der Waals surface area contributed by atoms with Crippen LogP contribution in [-0.2, 0) is 4.79 Å². The van der Waals surface area contributed by atoms with Crippen LogP contribution in [0.5, 0.6) is 11.5 Å². The van der Waals surface area contributed by atoms with E-state index in [4.69, 9.17) is 20.3 Å². The fourth-order valence-corrected chi connectivity index (χ4v) is 2.01. The fourth-order valence-electron chi connectivity index (χ4n) is 2.01. The maximum Gasteiger partial charge on any atom is 0.312 e. The Kier molecular flexibility index (Phi) is 3.19. The molecule has 0 aromatic heterocycles. The molecule has 1 aliphatic rings. The van der Waals surface area contributed by atoms with Gasteiger partial charge in [-0.3, -0.25) is 4.79 Å². The van der Waals surface area contributed by atoms with Crippen molar-refractivity contribution in [1.82, 2.24) is 0 Å². The summed E-state index contributed by atoms with van der Waals surface area (Å²) in [4.78, 5) is 11.1. The van der Waals surface area contributed by atoms with Gasteiger partial charge in [0.15, 0.2) is 11.5 Å². The van der Waals surface area contributed by atoms with Crippen molar-refractivity contribution < 1.29 is 19.4 Å². The van der Waals surface area contributed by atoms with E-state index in [2.05, 4.69) is 0 Å². The summed E-state index contributed by atoms with van der Waals surface area (Å²) in [6, 6.07) is 3.48. The van der Waals surface area contributed by atoms with Crippen LogP contribution in [0.1, 0.15) is 17.0 Å². The van der Waals surface area contributed by atoms with Gasteiger partial charge in [-0.15, -0.1) is 0 Å². The normalized spacial score (nSPS) is 15.4. The first-order valence-electron chi connectivity index (χ1n) is 5.47. The minimum Gasteiger partial charge on any atom is -0.486 e. The molecule has 1 heterocycles. The lowest BCUT2D eigenvalue weighted by Gasteiger charge is -2.23. The Morgan fingerprint density at radius 1 is 1.47 bits per heavy atom. The highest BCUT2D eigenvalue weighted by molar-refractivity contribution is 5.77. The van der Waals surface area contributed by atoms with Crippen molar-refractivity contribution in [2.75, 3.05) is 19.8 Å². The van der Waals surface area contributed by atoms with Gasteiger partial charge in [0.2, 0.25) is 0 Å². The number of carboxylic acids is 1. The molecule has 1 atom stereocenters. The molecule has 0 amide bonds. The predicted octanol–water partition coefficient (Wildman–Crippen LogP) is 0.893. The zero-order chi connectivity index (χ0) is 12.4. The summed E-state index contributed by atoms with van der Waals surface area (Å²) in [6.07, 6.45) is 0. The van der Waals surface area contributed by atoms with Crippen LogP contribution in [0.25, 0.3) is 0 Å². The largest absolute Gasteiger partial charge is 0.486 e. The van der Waals surface area contributed by atoms with Gasteiger partial charge in [0, 0.05) is 6.54 Å². The number of fused-ring (bicyclic) bond motifs is 1. The molecule has 0 radical (unpaired) electrons. The number of ether oxygens (including phenoxy) is 2. The molecule has 3 N–H and O–H groups in total. The van der Waals surface area contributed by atoms with Crippen LogP contribution >= 0.6 is 0 Å². The highest BCUT2D eigenvalue weighted by Gasteiger charge is 2.24. The molecule has 0 saturated carbocycles. The Hall–Kier alpha value is -1.75. The van der Waals surface area contributed by atoms with Crippen LogP contribution in [0, 0.1) is 6.92 Å². The molecule has 0 fully saturated rings. The van der Waals surface area contributed by atoms with E-state index >= 15 is 0 Å². The number of hydrogen-bond acceptors (Lipinski definition) is 4. The predicted molar refractivity (Wildman–Crippen MR) is 61.6 cm³/mol. The first kappa shape index (κ1) is 11.7. The van der Waals surface area contributed by atoms with E-state index in [1.807, 2.05) is 6.92 Å². The smallest absolute Gasteiger partial charge is 0.312 e. The minimum absolute atomic E-state index is 0.0653. The van der Waals surface area contributed by atoms with E-state index in [0.717, 1.165) is 5.56 Å². The number of nitrogens with two attached hydrogens (primary N) is 1. The molecule has 1 aromatic carbocycles. The Balaban J connectivity index is 2.45. The van der Waals surface area contributed by atoms with E-state index in [9.17, 15) is 4.79 Å². The third-order valence-electron chi connectivity index (χ3n) is 2.91. The van der Waals surface area contributed by atoms with Crippen molar-refractivity contribution in [3.63, 3.8) is 0 Å². The first-order valence-corrected chi connectivity index (χ1v) is 5.47. The number of carboxylic acid groups (broad SMARTS) is 1. The molecule has 5 heteroatoms. The second-order valence-corrected chi connectivity index (χ2v) is 3.93. The van der Waals surface area contributed by atoms with Gasteiger partial charge in [0.1, 0.15) is 13.2 Å². The van der Waals surface area contributed by atoms with Crippen LogP contribution in [0.15, 0.2) is 12.1 Å². The molecule has 1 unspecified atom stereocenters. The number of aliphatic carboxylic acids is 1. The van der Waals surface area contributed by atoms with Gasteiger partial charge in [0.25, 0.3) is 0 Å². The molecular weight excluding hydrogens is 222 g/mol. The molecule has 1 aromatic rings. The van der Waals surface area contributed by atoms with Gasteiger partial charge in [-0.05, 0) is 24.1 Å². The summed E-state index contributed by atoms with van der Waals surface area (Å²) >= 11 is 0. The lowest BCUT2D eigenvalue weighted by molar-refractivity contribution is -0.138. The Bertz CT molecular complexity index is 444. The van der Waals surface area contributed by atoms with Crippen LogP contribution in [-0.4, -0.2) is 30.8 Å². The minimum atomic E-state index is -0.924. The van der Waals surface area contributed by atoms with Crippen molar-refractivity contribution in [2.45, 2.75) is 12.8 Å². The topological polar surface area (TPSA) is 81.8 Å². The third kappa shape index (κ3) is 2.06. The molecule has 0 spiro atoms. The molecule has 0 bridgehead atoms. The van der Waals surface area contributed by atoms with Crippen molar-refractivity contribution in [2.24, 2.45) is 5.73 Å². The van der Waals surface area contributed by atoms with Crippen LogP contribution in [0.3, 0.4) is 0 Å². The number of rotatable bonds is 3. The zero-order valence-electron chi connectivity index (χ0n) is 9.60. The van der Waals surface area contributed by atoms with Gasteiger partial charge in [-0.2, -0.15) is 0 Å². The van der Waals surface area contributed by atoms with Crippen LogP contribution in [0.4, 0.5) is 0 Å². The molecule has 0 saturated heterocycles. The van der Waals surface area contributed by atoms with Crippen LogP contribution < -0.4 is 15.2 Å². The van der Waals surface area contributed by atoms with Crippen molar-refractivity contribution in [1.29, 1.82) is 0 Å². The Morgan fingerprint density at radius 2 is 2.18 bits per heavy atom. The lowest BCUT2D eigenvalue weighted by Crippen LogP contribution is -2.23. The highest BCUT2D eigenvalue weighted by Crippen LogP contribution is 2.37. The van der Waals surface area contributed by atoms with E-state index in [0.29, 0.717) is 30.3 Å². The molecule has 1 aliphatic heterocycles. The summed E-state index contributed by atoms with van der Waals surface area (Å²) in [6.45, 7) is 2.90. The number of carbonyl (C=O) groups is 1. The van der Waals surface area contributed by atoms with E-state index < -0.39 is 11.9 Å². The zero-order valence-corrected chi connectivity index (χ0v) is 9.60. The number of benzene rings is 1. The quantitative estimate of drug-likeness (QED) is 0.816. The average molecular weight is 237 g/mol. The second-order valence-electron chi connectivity index (χ2n) is 3.93. The first-order chi connectivity index (χ1) is 8.15. The van der Waals surface area contributed by atoms with Gasteiger partial charge in [-0.25, -0.2) is 0 Å². The SMILES string of the molecule is Cc1c(C(CN)C(=O)O)ccc2c1OCCO2. The number of hydrogen-bond donors (Lipinski definition) is 2. The fraction of sp³-hybridized carbons (Fsp3) is 0.417. The maximum atomic E-state index is 11.1. The summed E-state index contributed by atoms with van der Waals surface area (Å²) in [5.41, 5.74) is 6.97. The monoisotopic (exact) mass is 237 g/mol. The summed E-state index contributed by atoms with van der Waals surface area (Å²) in [5, 5.41) is 9.10. The standard InChI is InChI=1S/C12H15NO4/c1-7-8(9(6-13)12(14)15)2-3-10-11(7)17-5-4-16-10/h2-3,9H,4-6,13H2,1H3,(H,14,15). The molecule has 5 nitrogen and oxygen atoms in total. The maximum absolute atomic E-state index is 11.1. The van der Waals surface area contributed by atoms with Gasteiger partial charge < -0.3 is 20.3 Å². The molecular formula is C12H15NO4. The molecule has 17 heavy (non-hydrogen) atoms. The summed E-state index contributed by atoms with van der Waals surface area (Å²) in [5.74, 6) is -0.329. The molecule has 0 aliphatic carbocycles. The van der Waals surface area contributed by atoms with Crippen molar-refractivity contribution >= 4 is 5.97 Å². The van der Waals surface area contributed by atoms with Crippen molar-refractivity contribution in [3.8, 4) is 11.5 Å². The van der Waals surface area contributed by atoms with Crippen LogP contribution in [0.2, 0.25) is 0 Å². The van der Waals surface area contributed by atoms with E-state index in [1.54, 1.807) is 12.1 Å². The van der Waals surface area contributed by atoms with E-state index in [1.165, 1.54) is 0 Å². The van der Waals surface area contributed by atoms with Gasteiger partial charge in [0.05, 0.1) is 5.92 Å². The summed E-state index contributed by atoms with van der Waals surface area (Å²) < 4.78 is 10.9. The summed E-state index contributed by atoms with van der Waals surface area (Å²) in [7, 11) is 0. The third-order valence-corrected chi connectivity index (χ3v) is 2.91. The highest BCUT2D eigenvalue weighted by atomic mass is 16.6. The second kappa shape index (κ2) is 4.63. The molecule has 2 rings (SSSR count).